The zero-order chi connectivity index (χ0) is 21.8. The van der Waals surface area contributed by atoms with Gasteiger partial charge in [-0.1, -0.05) is 13.8 Å². The third-order valence-electron chi connectivity index (χ3n) is 6.34. The highest BCUT2D eigenvalue weighted by Crippen LogP contribution is 2.34. The van der Waals surface area contributed by atoms with Crippen LogP contribution in [0.1, 0.15) is 92.9 Å². The van der Waals surface area contributed by atoms with E-state index >= 15 is 0 Å². The first kappa shape index (κ1) is 21.5. The molecule has 9 heteroatoms. The number of nitrogens with zero attached hydrogens (tertiary/aromatic N) is 6. The Morgan fingerprint density at radius 2 is 1.84 bits per heavy atom. The van der Waals surface area contributed by atoms with Crippen LogP contribution in [0.5, 0.6) is 0 Å². The average molecular weight is 429 g/mol. The van der Waals surface area contributed by atoms with E-state index in [9.17, 15) is 9.59 Å². The van der Waals surface area contributed by atoms with Gasteiger partial charge in [0.05, 0.1) is 11.8 Å². The highest BCUT2D eigenvalue weighted by Gasteiger charge is 2.34. The van der Waals surface area contributed by atoms with Gasteiger partial charge in [0, 0.05) is 44.7 Å². The molecule has 1 atom stereocenters. The summed E-state index contributed by atoms with van der Waals surface area (Å²) in [6.07, 6.45) is 9.45. The molecule has 0 N–H and O–H groups in total. The normalized spacial score (nSPS) is 20.3. The molecule has 0 saturated carbocycles. The fourth-order valence-electron chi connectivity index (χ4n) is 4.57. The maximum atomic E-state index is 13.2. The zero-order valence-corrected chi connectivity index (χ0v) is 18.5. The first-order chi connectivity index (χ1) is 15.1. The van der Waals surface area contributed by atoms with Crippen molar-refractivity contribution in [1.82, 2.24) is 29.8 Å². The molecular weight excluding hydrogens is 396 g/mol. The molecule has 0 bridgehead atoms. The Labute approximate surface area is 182 Å². The van der Waals surface area contributed by atoms with Crippen molar-refractivity contribution in [3.8, 4) is 0 Å². The van der Waals surface area contributed by atoms with Crippen LogP contribution in [0.15, 0.2) is 16.8 Å². The molecule has 0 radical (unpaired) electrons. The molecule has 2 aromatic heterocycles. The van der Waals surface area contributed by atoms with Gasteiger partial charge in [-0.3, -0.25) is 14.3 Å². The summed E-state index contributed by atoms with van der Waals surface area (Å²) in [4.78, 5) is 28.9. The molecular formula is C22H32N6O3. The molecule has 168 valence electrons. The SMILES string of the molecule is CCCn1cc(C(=O)N2CCCC[C@H]2c2nnc(C3CCN(C(=O)CC)CC3)o2)cn1. The van der Waals surface area contributed by atoms with Crippen molar-refractivity contribution in [3.05, 3.63) is 29.7 Å². The van der Waals surface area contributed by atoms with Crippen molar-refractivity contribution in [3.63, 3.8) is 0 Å². The smallest absolute Gasteiger partial charge is 0.257 e. The van der Waals surface area contributed by atoms with Crippen LogP contribution in [0.25, 0.3) is 0 Å². The molecule has 31 heavy (non-hydrogen) atoms. The summed E-state index contributed by atoms with van der Waals surface area (Å²) in [7, 11) is 0. The van der Waals surface area contributed by atoms with Crippen LogP contribution >= 0.6 is 0 Å². The van der Waals surface area contributed by atoms with Crippen LogP contribution in [0, 0.1) is 0 Å². The molecule has 2 aliphatic rings. The number of hydrogen-bond donors (Lipinski definition) is 0. The Kier molecular flexibility index (Phi) is 6.67. The summed E-state index contributed by atoms with van der Waals surface area (Å²) >= 11 is 0. The average Bonchev–Trinajstić information content (AvgIpc) is 3.49. The molecule has 0 aromatic carbocycles. The number of amides is 2. The number of rotatable bonds is 6. The van der Waals surface area contributed by atoms with Crippen LogP contribution in [0.4, 0.5) is 0 Å². The number of piperidine rings is 2. The maximum Gasteiger partial charge on any atom is 0.257 e. The van der Waals surface area contributed by atoms with Gasteiger partial charge < -0.3 is 14.2 Å². The van der Waals surface area contributed by atoms with Crippen LogP contribution in [0.2, 0.25) is 0 Å². The molecule has 2 saturated heterocycles. The quantitative estimate of drug-likeness (QED) is 0.701. The maximum absolute atomic E-state index is 13.2. The van der Waals surface area contributed by atoms with E-state index in [0.717, 1.165) is 58.2 Å². The lowest BCUT2D eigenvalue weighted by atomic mass is 9.96. The van der Waals surface area contributed by atoms with E-state index in [1.54, 1.807) is 6.20 Å². The van der Waals surface area contributed by atoms with Gasteiger partial charge in [0.1, 0.15) is 6.04 Å². The lowest BCUT2D eigenvalue weighted by Crippen LogP contribution is -2.38. The number of aryl methyl sites for hydroxylation is 1. The van der Waals surface area contributed by atoms with E-state index < -0.39 is 0 Å². The minimum absolute atomic E-state index is 0.0295. The first-order valence-corrected chi connectivity index (χ1v) is 11.5. The molecule has 0 spiro atoms. The van der Waals surface area contributed by atoms with Crippen molar-refractivity contribution < 1.29 is 14.0 Å². The van der Waals surface area contributed by atoms with Crippen LogP contribution in [-0.2, 0) is 11.3 Å². The second-order valence-electron chi connectivity index (χ2n) is 8.49. The van der Waals surface area contributed by atoms with Gasteiger partial charge in [-0.2, -0.15) is 5.10 Å². The van der Waals surface area contributed by atoms with Crippen LogP contribution < -0.4 is 0 Å². The van der Waals surface area contributed by atoms with Gasteiger partial charge in [0.15, 0.2) is 0 Å². The largest absolute Gasteiger partial charge is 0.423 e. The highest BCUT2D eigenvalue weighted by atomic mass is 16.4. The Hall–Kier alpha value is -2.71. The van der Waals surface area contributed by atoms with Crippen LogP contribution in [0.3, 0.4) is 0 Å². The molecule has 2 fully saturated rings. The molecule has 2 amide bonds. The number of aromatic nitrogens is 4. The van der Waals surface area contributed by atoms with E-state index in [1.807, 2.05) is 27.6 Å². The predicted molar refractivity (Wildman–Crippen MR) is 113 cm³/mol. The van der Waals surface area contributed by atoms with Gasteiger partial charge in [0.25, 0.3) is 5.91 Å². The van der Waals surface area contributed by atoms with Crippen molar-refractivity contribution in [2.24, 2.45) is 0 Å². The Morgan fingerprint density at radius 1 is 1.06 bits per heavy atom. The monoisotopic (exact) mass is 428 g/mol. The molecule has 4 heterocycles. The molecule has 0 unspecified atom stereocenters. The zero-order valence-electron chi connectivity index (χ0n) is 18.5. The lowest BCUT2D eigenvalue weighted by Gasteiger charge is -2.33. The number of carbonyl (C=O) groups is 2. The highest BCUT2D eigenvalue weighted by molar-refractivity contribution is 5.94. The summed E-state index contributed by atoms with van der Waals surface area (Å²) in [5, 5.41) is 13.0. The molecule has 9 nitrogen and oxygen atoms in total. The number of hydrogen-bond acceptors (Lipinski definition) is 6. The second kappa shape index (κ2) is 9.62. The standard InChI is InChI=1S/C22H32N6O3/c1-3-10-27-15-17(14-23-27)22(30)28-11-6-5-7-18(28)21-25-24-20(31-21)16-8-12-26(13-9-16)19(29)4-2/h14-16,18H,3-13H2,1-2H3/t18-/m0/s1. The molecule has 2 aliphatic heterocycles. The van der Waals surface area contributed by atoms with Gasteiger partial charge >= 0.3 is 0 Å². The third-order valence-corrected chi connectivity index (χ3v) is 6.34. The van der Waals surface area contributed by atoms with E-state index in [2.05, 4.69) is 22.2 Å². The topological polar surface area (TPSA) is 97.4 Å². The van der Waals surface area contributed by atoms with Crippen molar-refractivity contribution in [1.29, 1.82) is 0 Å². The third kappa shape index (κ3) is 4.65. The van der Waals surface area contributed by atoms with E-state index in [1.165, 1.54) is 0 Å². The van der Waals surface area contributed by atoms with Crippen molar-refractivity contribution >= 4 is 11.8 Å². The van der Waals surface area contributed by atoms with E-state index in [0.29, 0.717) is 30.3 Å². The Bertz CT molecular complexity index is 899. The number of likely N-dealkylation sites (tertiary alicyclic amines) is 2. The Balaban J connectivity index is 1.45. The summed E-state index contributed by atoms with van der Waals surface area (Å²) in [6.45, 7) is 6.91. The van der Waals surface area contributed by atoms with Crippen LogP contribution in [-0.4, -0.2) is 61.2 Å². The summed E-state index contributed by atoms with van der Waals surface area (Å²) in [5.41, 5.74) is 0.605. The number of carbonyl (C=O) groups excluding carboxylic acids is 2. The van der Waals surface area contributed by atoms with Gasteiger partial charge in [-0.05, 0) is 38.5 Å². The minimum atomic E-state index is -0.196. The fraction of sp³-hybridized carbons (Fsp3) is 0.682. The first-order valence-electron chi connectivity index (χ1n) is 11.5. The van der Waals surface area contributed by atoms with Crippen molar-refractivity contribution in [2.75, 3.05) is 19.6 Å². The molecule has 2 aromatic rings. The summed E-state index contributed by atoms with van der Waals surface area (Å²) < 4.78 is 7.92. The minimum Gasteiger partial charge on any atom is -0.423 e. The van der Waals surface area contributed by atoms with E-state index in [4.69, 9.17) is 4.42 Å². The van der Waals surface area contributed by atoms with Crippen molar-refractivity contribution in [2.45, 2.75) is 77.3 Å². The summed E-state index contributed by atoms with van der Waals surface area (Å²) in [6, 6.07) is -0.196. The Morgan fingerprint density at radius 3 is 2.58 bits per heavy atom. The van der Waals surface area contributed by atoms with E-state index in [-0.39, 0.29) is 23.8 Å². The second-order valence-corrected chi connectivity index (χ2v) is 8.49. The summed E-state index contributed by atoms with van der Waals surface area (Å²) in [5.74, 6) is 1.49. The fourth-order valence-corrected chi connectivity index (χ4v) is 4.57. The predicted octanol–water partition coefficient (Wildman–Crippen LogP) is 3.16. The molecule has 0 aliphatic carbocycles. The van der Waals surface area contributed by atoms with Gasteiger partial charge in [-0.15, -0.1) is 10.2 Å². The molecule has 4 rings (SSSR count). The lowest BCUT2D eigenvalue weighted by molar-refractivity contribution is -0.131. The van der Waals surface area contributed by atoms with Gasteiger partial charge in [0.2, 0.25) is 17.7 Å². The van der Waals surface area contributed by atoms with Gasteiger partial charge in [-0.25, -0.2) is 0 Å².